The Bertz CT molecular complexity index is 786. The first-order valence-electron chi connectivity index (χ1n) is 9.86. The summed E-state index contributed by atoms with van der Waals surface area (Å²) in [6, 6.07) is 31.4. The van der Waals surface area contributed by atoms with Crippen LogP contribution in [0.5, 0.6) is 0 Å². The molecule has 0 atom stereocenters. The Hall–Kier alpha value is -2.56. The molecule has 0 saturated heterocycles. The summed E-state index contributed by atoms with van der Waals surface area (Å²) in [5.41, 5.74) is 2.74. The average molecular weight is 405 g/mol. The molecule has 0 amide bonds. The third-order valence-electron chi connectivity index (χ3n) is 4.85. The standard InChI is InChI=1S/C25H28N2OS/c1-26-24(29-2)27-19-12-20-28-25(21-13-6-3-7-14-21,22-15-8-4-9-16-22)23-17-10-5-11-18-23/h3-11,13-18H,12,19-20H2,1-2H3,(H,26,27). The molecule has 3 aromatic carbocycles. The zero-order valence-corrected chi connectivity index (χ0v) is 17.9. The number of ether oxygens (including phenoxy) is 1. The van der Waals surface area contributed by atoms with Gasteiger partial charge in [-0.1, -0.05) is 103 Å². The maximum absolute atomic E-state index is 6.75. The molecule has 0 aliphatic rings. The van der Waals surface area contributed by atoms with Crippen molar-refractivity contribution in [2.24, 2.45) is 4.99 Å². The lowest BCUT2D eigenvalue weighted by Gasteiger charge is -2.36. The summed E-state index contributed by atoms with van der Waals surface area (Å²) in [4.78, 5) is 4.22. The molecule has 3 aromatic rings. The Balaban J connectivity index is 1.93. The van der Waals surface area contributed by atoms with E-state index in [-0.39, 0.29) is 0 Å². The third-order valence-corrected chi connectivity index (χ3v) is 5.57. The molecule has 3 nitrogen and oxygen atoms in total. The lowest BCUT2D eigenvalue weighted by Crippen LogP contribution is -2.34. The van der Waals surface area contributed by atoms with Crippen LogP contribution in [0.25, 0.3) is 0 Å². The van der Waals surface area contributed by atoms with E-state index in [1.54, 1.807) is 18.8 Å². The molecule has 4 heteroatoms. The molecule has 0 fully saturated rings. The zero-order valence-electron chi connectivity index (χ0n) is 17.0. The number of hydrogen-bond acceptors (Lipinski definition) is 3. The molecule has 29 heavy (non-hydrogen) atoms. The highest BCUT2D eigenvalue weighted by Crippen LogP contribution is 2.40. The molecule has 3 rings (SSSR count). The number of benzene rings is 3. The van der Waals surface area contributed by atoms with Crippen molar-refractivity contribution in [3.63, 3.8) is 0 Å². The molecule has 0 aromatic heterocycles. The predicted molar refractivity (Wildman–Crippen MR) is 125 cm³/mol. The highest BCUT2D eigenvalue weighted by Gasteiger charge is 2.37. The Morgan fingerprint density at radius 2 is 1.28 bits per heavy atom. The van der Waals surface area contributed by atoms with Crippen LogP contribution in [0.2, 0.25) is 0 Å². The summed E-state index contributed by atoms with van der Waals surface area (Å²) in [6.45, 7) is 1.44. The second kappa shape index (κ2) is 10.8. The number of nitrogens with one attached hydrogen (secondary N) is 1. The number of aliphatic imine (C=N–C) groups is 1. The van der Waals surface area contributed by atoms with Crippen molar-refractivity contribution in [3.05, 3.63) is 108 Å². The molecular weight excluding hydrogens is 376 g/mol. The Kier molecular flexibility index (Phi) is 7.91. The number of thioether (sulfide) groups is 1. The molecular formula is C25H28N2OS. The predicted octanol–water partition coefficient (Wildman–Crippen LogP) is 5.32. The van der Waals surface area contributed by atoms with Crippen LogP contribution in [0.3, 0.4) is 0 Å². The van der Waals surface area contributed by atoms with Gasteiger partial charge in [-0.2, -0.15) is 0 Å². The van der Waals surface area contributed by atoms with Crippen molar-refractivity contribution >= 4 is 16.9 Å². The van der Waals surface area contributed by atoms with Crippen molar-refractivity contribution in [1.29, 1.82) is 0 Å². The van der Waals surface area contributed by atoms with Crippen LogP contribution in [-0.2, 0) is 10.3 Å². The molecule has 0 saturated carbocycles. The van der Waals surface area contributed by atoms with Gasteiger partial charge in [0.1, 0.15) is 5.60 Å². The minimum atomic E-state index is -0.648. The van der Waals surface area contributed by atoms with E-state index in [1.807, 2.05) is 24.5 Å². The van der Waals surface area contributed by atoms with E-state index in [9.17, 15) is 0 Å². The first-order valence-corrected chi connectivity index (χ1v) is 11.1. The fourth-order valence-corrected chi connectivity index (χ4v) is 3.93. The van der Waals surface area contributed by atoms with Gasteiger partial charge in [0.25, 0.3) is 0 Å². The Morgan fingerprint density at radius 1 is 0.828 bits per heavy atom. The van der Waals surface area contributed by atoms with Crippen LogP contribution in [0.15, 0.2) is 96.0 Å². The first-order chi connectivity index (χ1) is 14.3. The molecule has 0 unspecified atom stereocenters. The van der Waals surface area contributed by atoms with Gasteiger partial charge in [-0.05, 0) is 29.4 Å². The second-order valence-corrected chi connectivity index (χ2v) is 7.44. The summed E-state index contributed by atoms with van der Waals surface area (Å²) < 4.78 is 6.75. The number of amidine groups is 1. The SMILES string of the molecule is CN=C(NCCCOC(c1ccccc1)(c1ccccc1)c1ccccc1)SC. The highest BCUT2D eigenvalue weighted by atomic mass is 32.2. The number of rotatable bonds is 8. The van der Waals surface area contributed by atoms with Gasteiger partial charge in [-0.25, -0.2) is 0 Å². The minimum Gasteiger partial charge on any atom is -0.365 e. The van der Waals surface area contributed by atoms with Crippen molar-refractivity contribution in [2.45, 2.75) is 12.0 Å². The first kappa shape index (κ1) is 21.2. The van der Waals surface area contributed by atoms with Crippen LogP contribution in [0.1, 0.15) is 23.1 Å². The van der Waals surface area contributed by atoms with Gasteiger partial charge in [0.2, 0.25) is 0 Å². The maximum atomic E-state index is 6.75. The summed E-state index contributed by atoms with van der Waals surface area (Å²) in [6.07, 6.45) is 2.91. The molecule has 0 radical (unpaired) electrons. The number of nitrogens with zero attached hydrogens (tertiary/aromatic N) is 1. The van der Waals surface area contributed by atoms with Gasteiger partial charge in [0.05, 0.1) is 6.61 Å². The van der Waals surface area contributed by atoms with Crippen molar-refractivity contribution in [3.8, 4) is 0 Å². The topological polar surface area (TPSA) is 33.6 Å². The van der Waals surface area contributed by atoms with E-state index < -0.39 is 5.60 Å². The molecule has 0 heterocycles. The second-order valence-electron chi connectivity index (χ2n) is 6.64. The van der Waals surface area contributed by atoms with Gasteiger partial charge in [0.15, 0.2) is 5.17 Å². The zero-order chi connectivity index (χ0) is 20.4. The van der Waals surface area contributed by atoms with Gasteiger partial charge < -0.3 is 10.1 Å². The summed E-state index contributed by atoms with van der Waals surface area (Å²) in [5, 5.41) is 4.31. The van der Waals surface area contributed by atoms with Crippen molar-refractivity contribution in [1.82, 2.24) is 5.32 Å². The minimum absolute atomic E-state index is 0.622. The van der Waals surface area contributed by atoms with Crippen molar-refractivity contribution < 1.29 is 4.74 Å². The Morgan fingerprint density at radius 3 is 1.66 bits per heavy atom. The molecule has 0 bridgehead atoms. The fraction of sp³-hybridized carbons (Fsp3) is 0.240. The maximum Gasteiger partial charge on any atom is 0.155 e. The quantitative estimate of drug-likeness (QED) is 0.239. The van der Waals surface area contributed by atoms with Gasteiger partial charge in [-0.15, -0.1) is 0 Å². The van der Waals surface area contributed by atoms with E-state index in [2.05, 4.69) is 83.1 Å². The summed E-state index contributed by atoms with van der Waals surface area (Å²) in [5.74, 6) is 0. The Labute approximate surface area is 178 Å². The van der Waals surface area contributed by atoms with Crippen LogP contribution in [0, 0.1) is 0 Å². The van der Waals surface area contributed by atoms with E-state index >= 15 is 0 Å². The third kappa shape index (κ3) is 5.08. The number of hydrogen-bond donors (Lipinski definition) is 1. The largest absolute Gasteiger partial charge is 0.365 e. The van der Waals surface area contributed by atoms with E-state index in [0.717, 1.165) is 34.8 Å². The summed E-state index contributed by atoms with van der Waals surface area (Å²) in [7, 11) is 1.81. The average Bonchev–Trinajstić information content (AvgIpc) is 2.81. The smallest absolute Gasteiger partial charge is 0.155 e. The van der Waals surface area contributed by atoms with E-state index in [1.165, 1.54) is 0 Å². The van der Waals surface area contributed by atoms with E-state index in [0.29, 0.717) is 6.61 Å². The molecule has 0 aliphatic heterocycles. The molecule has 0 spiro atoms. The van der Waals surface area contributed by atoms with E-state index in [4.69, 9.17) is 4.74 Å². The fourth-order valence-electron chi connectivity index (χ4n) is 3.50. The van der Waals surface area contributed by atoms with Gasteiger partial charge in [-0.3, -0.25) is 4.99 Å². The summed E-state index contributed by atoms with van der Waals surface area (Å²) >= 11 is 1.62. The molecule has 0 aliphatic carbocycles. The lowest BCUT2D eigenvalue weighted by molar-refractivity contribution is 0.0121. The molecule has 1 N–H and O–H groups in total. The van der Waals surface area contributed by atoms with Crippen molar-refractivity contribution in [2.75, 3.05) is 26.5 Å². The van der Waals surface area contributed by atoms with Gasteiger partial charge in [0, 0.05) is 13.6 Å². The highest BCUT2D eigenvalue weighted by molar-refractivity contribution is 8.13. The van der Waals surface area contributed by atoms with Crippen LogP contribution >= 0.6 is 11.8 Å². The monoisotopic (exact) mass is 404 g/mol. The van der Waals surface area contributed by atoms with Gasteiger partial charge >= 0.3 is 0 Å². The van der Waals surface area contributed by atoms with Crippen LogP contribution < -0.4 is 5.32 Å². The van der Waals surface area contributed by atoms with Crippen LogP contribution in [-0.4, -0.2) is 31.6 Å². The van der Waals surface area contributed by atoms with Crippen LogP contribution in [0.4, 0.5) is 0 Å². The normalized spacial score (nSPS) is 12.0. The lowest BCUT2D eigenvalue weighted by atomic mass is 9.80. The molecule has 150 valence electrons.